The van der Waals surface area contributed by atoms with Crippen molar-refractivity contribution in [2.45, 2.75) is 34.3 Å². The van der Waals surface area contributed by atoms with Gasteiger partial charge in [0.1, 0.15) is 18.1 Å². The molecule has 2 N–H and O–H groups in total. The molecule has 0 fully saturated rings. The van der Waals surface area contributed by atoms with Gasteiger partial charge in [0.05, 0.1) is 11.3 Å². The molecule has 1 heterocycles. The van der Waals surface area contributed by atoms with Crippen LogP contribution in [0.5, 0.6) is 5.75 Å². The van der Waals surface area contributed by atoms with E-state index in [9.17, 15) is 9.59 Å². The largest absolute Gasteiger partial charge is 0.489 e. The lowest BCUT2D eigenvalue weighted by molar-refractivity contribution is 0.0846. The normalized spacial score (nSPS) is 10.5. The number of benzene rings is 2. The number of nitrogens with zero attached hydrogens (tertiary/aromatic N) is 1. The first kappa shape index (κ1) is 20.1. The Labute approximate surface area is 169 Å². The van der Waals surface area contributed by atoms with Gasteiger partial charge >= 0.3 is 0 Å². The molecule has 0 aliphatic heterocycles. The molecule has 7 nitrogen and oxygen atoms in total. The van der Waals surface area contributed by atoms with Crippen LogP contribution in [0.3, 0.4) is 0 Å². The van der Waals surface area contributed by atoms with Crippen LogP contribution >= 0.6 is 0 Å². The predicted octanol–water partition coefficient (Wildman–Crippen LogP) is 3.56. The minimum absolute atomic E-state index is 0.332. The first-order valence-electron chi connectivity index (χ1n) is 9.17. The maximum Gasteiger partial charge on any atom is 0.269 e. The second-order valence-electron chi connectivity index (χ2n) is 6.84. The second-order valence-corrected chi connectivity index (χ2v) is 6.84. The molecule has 1 aromatic heterocycles. The third kappa shape index (κ3) is 4.82. The number of hydrogen-bond acceptors (Lipinski definition) is 5. The van der Waals surface area contributed by atoms with Crippen LogP contribution in [-0.2, 0) is 6.61 Å². The van der Waals surface area contributed by atoms with Crippen molar-refractivity contribution in [3.63, 3.8) is 0 Å². The van der Waals surface area contributed by atoms with Crippen LogP contribution in [0, 0.1) is 27.7 Å². The van der Waals surface area contributed by atoms with Crippen molar-refractivity contribution in [1.82, 2.24) is 16.0 Å². The van der Waals surface area contributed by atoms with Gasteiger partial charge in [-0.1, -0.05) is 22.9 Å². The number of ether oxygens (including phenoxy) is 1. The van der Waals surface area contributed by atoms with E-state index in [0.29, 0.717) is 23.5 Å². The summed E-state index contributed by atoms with van der Waals surface area (Å²) >= 11 is 0. The molecule has 3 rings (SSSR count). The minimum Gasteiger partial charge on any atom is -0.489 e. The van der Waals surface area contributed by atoms with Crippen molar-refractivity contribution in [1.29, 1.82) is 0 Å². The van der Waals surface area contributed by atoms with Crippen molar-refractivity contribution in [3.8, 4) is 5.75 Å². The summed E-state index contributed by atoms with van der Waals surface area (Å²) in [5.41, 5.74) is 9.39. The van der Waals surface area contributed by atoms with Crippen molar-refractivity contribution in [2.24, 2.45) is 0 Å². The summed E-state index contributed by atoms with van der Waals surface area (Å²) in [6.07, 6.45) is 0. The van der Waals surface area contributed by atoms with Gasteiger partial charge < -0.3 is 9.26 Å². The quantitative estimate of drug-likeness (QED) is 0.647. The average molecular weight is 393 g/mol. The van der Waals surface area contributed by atoms with Gasteiger partial charge in [0, 0.05) is 11.1 Å². The average Bonchev–Trinajstić information content (AvgIpc) is 3.02. The van der Waals surface area contributed by atoms with Crippen LogP contribution < -0.4 is 15.6 Å². The standard InChI is InChI=1S/C22H23N3O4/c1-13-5-10-19(14(2)11-13)22(27)24-23-21(26)17-6-8-18(9-7-17)28-12-20-15(3)25-29-16(20)4/h5-11H,12H2,1-4H3,(H,23,26)(H,24,27). The topological polar surface area (TPSA) is 93.5 Å². The summed E-state index contributed by atoms with van der Waals surface area (Å²) in [5.74, 6) is 0.551. The molecule has 3 aromatic rings. The van der Waals surface area contributed by atoms with Gasteiger partial charge in [0.15, 0.2) is 0 Å². The van der Waals surface area contributed by atoms with Gasteiger partial charge in [-0.3, -0.25) is 20.4 Å². The number of rotatable bonds is 5. The van der Waals surface area contributed by atoms with Gasteiger partial charge in [-0.2, -0.15) is 0 Å². The molecule has 0 bridgehead atoms. The molecule has 0 spiro atoms. The van der Waals surface area contributed by atoms with E-state index in [2.05, 4.69) is 16.0 Å². The zero-order valence-electron chi connectivity index (χ0n) is 16.8. The maximum absolute atomic E-state index is 12.3. The van der Waals surface area contributed by atoms with E-state index in [1.54, 1.807) is 30.3 Å². The third-order valence-corrected chi connectivity index (χ3v) is 4.60. The number of hydrogen-bond donors (Lipinski definition) is 2. The van der Waals surface area contributed by atoms with Crippen molar-refractivity contribution < 1.29 is 18.8 Å². The number of amides is 2. The molecule has 29 heavy (non-hydrogen) atoms. The Morgan fingerprint density at radius 2 is 1.66 bits per heavy atom. The lowest BCUT2D eigenvalue weighted by Crippen LogP contribution is -2.41. The maximum atomic E-state index is 12.3. The van der Waals surface area contributed by atoms with Crippen LogP contribution in [0.15, 0.2) is 47.0 Å². The molecule has 0 atom stereocenters. The molecular formula is C22H23N3O4. The van der Waals surface area contributed by atoms with Crippen LogP contribution in [0.4, 0.5) is 0 Å². The van der Waals surface area contributed by atoms with Crippen LogP contribution in [0.2, 0.25) is 0 Å². The van der Waals surface area contributed by atoms with Crippen LogP contribution in [0.25, 0.3) is 0 Å². The van der Waals surface area contributed by atoms with Gasteiger partial charge in [-0.05, 0) is 63.6 Å². The molecule has 2 aromatic carbocycles. The smallest absolute Gasteiger partial charge is 0.269 e. The summed E-state index contributed by atoms with van der Waals surface area (Å²) in [6, 6.07) is 12.1. The summed E-state index contributed by atoms with van der Waals surface area (Å²) < 4.78 is 10.8. The summed E-state index contributed by atoms with van der Waals surface area (Å²) in [7, 11) is 0. The molecule has 0 radical (unpaired) electrons. The first-order valence-corrected chi connectivity index (χ1v) is 9.17. The summed E-state index contributed by atoms with van der Waals surface area (Å²) in [6.45, 7) is 7.83. The number of aryl methyl sites for hydroxylation is 4. The third-order valence-electron chi connectivity index (χ3n) is 4.60. The Balaban J connectivity index is 1.55. The van der Waals surface area contributed by atoms with Gasteiger partial charge in [-0.25, -0.2) is 0 Å². The monoisotopic (exact) mass is 393 g/mol. The number of hydrazine groups is 1. The van der Waals surface area contributed by atoms with Gasteiger partial charge in [-0.15, -0.1) is 0 Å². The Hall–Kier alpha value is -3.61. The molecular weight excluding hydrogens is 370 g/mol. The SMILES string of the molecule is Cc1ccc(C(=O)NNC(=O)c2ccc(OCc3c(C)noc3C)cc2)c(C)c1. The Morgan fingerprint density at radius 1 is 0.966 bits per heavy atom. The molecule has 0 saturated carbocycles. The molecule has 150 valence electrons. The van der Waals surface area contributed by atoms with E-state index in [1.165, 1.54) is 0 Å². The van der Waals surface area contributed by atoms with Crippen LogP contribution in [0.1, 0.15) is 48.9 Å². The molecule has 0 saturated heterocycles. The first-order chi connectivity index (χ1) is 13.8. The molecule has 0 unspecified atom stereocenters. The van der Waals surface area contributed by atoms with E-state index in [1.807, 2.05) is 39.8 Å². The molecule has 0 aliphatic carbocycles. The Bertz CT molecular complexity index is 1020. The fourth-order valence-electron chi connectivity index (χ4n) is 2.89. The number of carbonyl (C=O) groups is 2. The highest BCUT2D eigenvalue weighted by atomic mass is 16.5. The van der Waals surface area contributed by atoms with E-state index >= 15 is 0 Å². The fraction of sp³-hybridized carbons (Fsp3) is 0.227. The summed E-state index contributed by atoms with van der Waals surface area (Å²) in [5, 5.41) is 3.89. The lowest BCUT2D eigenvalue weighted by atomic mass is 10.1. The van der Waals surface area contributed by atoms with E-state index in [-0.39, 0.29) is 5.91 Å². The highest BCUT2D eigenvalue weighted by Gasteiger charge is 2.12. The Morgan fingerprint density at radius 3 is 2.28 bits per heavy atom. The minimum atomic E-state index is -0.416. The van der Waals surface area contributed by atoms with Gasteiger partial charge in [0.2, 0.25) is 0 Å². The molecule has 0 aliphatic rings. The fourth-order valence-corrected chi connectivity index (χ4v) is 2.89. The van der Waals surface area contributed by atoms with Crippen molar-refractivity contribution in [3.05, 3.63) is 81.7 Å². The van der Waals surface area contributed by atoms with Gasteiger partial charge in [0.25, 0.3) is 11.8 Å². The molecule has 2 amide bonds. The van der Waals surface area contributed by atoms with E-state index in [0.717, 1.165) is 28.1 Å². The highest BCUT2D eigenvalue weighted by Crippen LogP contribution is 2.18. The number of carbonyl (C=O) groups excluding carboxylic acids is 2. The zero-order chi connectivity index (χ0) is 21.0. The highest BCUT2D eigenvalue weighted by molar-refractivity contribution is 5.99. The Kier molecular flexibility index (Phi) is 5.97. The number of aromatic nitrogens is 1. The van der Waals surface area contributed by atoms with Crippen LogP contribution in [-0.4, -0.2) is 17.0 Å². The predicted molar refractivity (Wildman–Crippen MR) is 108 cm³/mol. The second kappa shape index (κ2) is 8.60. The van der Waals surface area contributed by atoms with Crippen molar-refractivity contribution in [2.75, 3.05) is 0 Å². The van der Waals surface area contributed by atoms with E-state index < -0.39 is 5.91 Å². The summed E-state index contributed by atoms with van der Waals surface area (Å²) in [4.78, 5) is 24.5. The lowest BCUT2D eigenvalue weighted by Gasteiger charge is -2.10. The number of nitrogens with one attached hydrogen (secondary N) is 2. The molecule has 7 heteroatoms. The zero-order valence-corrected chi connectivity index (χ0v) is 16.8. The van der Waals surface area contributed by atoms with E-state index in [4.69, 9.17) is 9.26 Å². The van der Waals surface area contributed by atoms with Crippen molar-refractivity contribution >= 4 is 11.8 Å².